The van der Waals surface area contributed by atoms with Crippen molar-refractivity contribution in [2.45, 2.75) is 58.1 Å². The summed E-state index contributed by atoms with van der Waals surface area (Å²) in [5, 5.41) is 8.49. The Morgan fingerprint density at radius 2 is 2.00 bits per heavy atom. The monoisotopic (exact) mass is 469 g/mol. The Hall–Kier alpha value is -2.94. The molecule has 3 aliphatic rings. The van der Waals surface area contributed by atoms with Gasteiger partial charge in [0.25, 0.3) is 5.91 Å². The Morgan fingerprint density at radius 1 is 1.15 bits per heavy atom. The molecule has 0 bridgehead atoms. The van der Waals surface area contributed by atoms with Crippen LogP contribution in [0, 0.1) is 5.92 Å². The van der Waals surface area contributed by atoms with Gasteiger partial charge in [0, 0.05) is 0 Å². The number of ketones is 1. The van der Waals surface area contributed by atoms with Crippen molar-refractivity contribution in [1.29, 1.82) is 0 Å². The first-order chi connectivity index (χ1) is 16.1. The molecule has 1 aromatic carbocycles. The maximum absolute atomic E-state index is 13.7. The Morgan fingerprint density at radius 3 is 2.76 bits per heavy atom. The zero-order valence-electron chi connectivity index (χ0n) is 18.8. The van der Waals surface area contributed by atoms with E-state index >= 15 is 0 Å². The zero-order valence-corrected chi connectivity index (χ0v) is 19.6. The van der Waals surface area contributed by atoms with Crippen LogP contribution in [-0.2, 0) is 14.3 Å². The number of hydrogen-bond donors (Lipinski definition) is 0. The molecule has 0 N–H and O–H groups in total. The van der Waals surface area contributed by atoms with E-state index in [1.165, 1.54) is 16.2 Å². The van der Waals surface area contributed by atoms with Gasteiger partial charge in [0.1, 0.15) is 11.6 Å². The SMILES string of the molecule is CCCOc1ccc(C2C3=C(OC4CCCCC4C3=O)C(=O)N2c2nncs2)cc1OCC. The summed E-state index contributed by atoms with van der Waals surface area (Å²) in [6.45, 7) is 4.99. The van der Waals surface area contributed by atoms with Crippen molar-refractivity contribution in [2.75, 3.05) is 18.1 Å². The maximum Gasteiger partial charge on any atom is 0.296 e. The molecule has 174 valence electrons. The number of benzene rings is 1. The number of aromatic nitrogens is 2. The molecule has 2 aromatic rings. The fourth-order valence-corrected chi connectivity index (χ4v) is 5.51. The Kier molecular flexibility index (Phi) is 6.05. The lowest BCUT2D eigenvalue weighted by Crippen LogP contribution is -2.39. The van der Waals surface area contributed by atoms with Crippen molar-refractivity contribution in [3.63, 3.8) is 0 Å². The number of hydrogen-bond acceptors (Lipinski definition) is 8. The summed E-state index contributed by atoms with van der Waals surface area (Å²) < 4.78 is 17.9. The first-order valence-corrected chi connectivity index (χ1v) is 12.5. The first kappa shape index (κ1) is 21.9. The predicted octanol–water partition coefficient (Wildman–Crippen LogP) is 4.23. The molecule has 1 fully saturated rings. The molecular formula is C24H27N3O5S. The van der Waals surface area contributed by atoms with E-state index in [4.69, 9.17) is 14.2 Å². The van der Waals surface area contributed by atoms with Crippen LogP contribution in [0.5, 0.6) is 11.5 Å². The zero-order chi connectivity index (χ0) is 22.9. The van der Waals surface area contributed by atoms with Crippen LogP contribution in [0.25, 0.3) is 0 Å². The summed E-state index contributed by atoms with van der Waals surface area (Å²) in [5.41, 5.74) is 2.75. The lowest BCUT2D eigenvalue weighted by atomic mass is 9.77. The summed E-state index contributed by atoms with van der Waals surface area (Å²) in [6.07, 6.45) is 4.23. The third kappa shape index (κ3) is 3.78. The molecule has 3 unspecified atom stereocenters. The Balaban J connectivity index is 1.61. The molecule has 2 aliphatic heterocycles. The Bertz CT molecular complexity index is 1080. The van der Waals surface area contributed by atoms with Gasteiger partial charge >= 0.3 is 0 Å². The van der Waals surface area contributed by atoms with E-state index in [-0.39, 0.29) is 29.5 Å². The minimum absolute atomic E-state index is 0.00980. The minimum atomic E-state index is -0.643. The first-order valence-electron chi connectivity index (χ1n) is 11.6. The van der Waals surface area contributed by atoms with Crippen molar-refractivity contribution in [3.05, 3.63) is 40.6 Å². The summed E-state index contributed by atoms with van der Waals surface area (Å²) >= 11 is 1.26. The van der Waals surface area contributed by atoms with E-state index in [1.54, 1.807) is 5.51 Å². The summed E-state index contributed by atoms with van der Waals surface area (Å²) in [5.74, 6) is 0.848. The number of carbonyl (C=O) groups excluding carboxylic acids is 2. The number of fused-ring (bicyclic) bond motifs is 1. The molecule has 1 aromatic heterocycles. The lowest BCUT2D eigenvalue weighted by Gasteiger charge is -2.35. The van der Waals surface area contributed by atoms with Crippen LogP contribution in [0.3, 0.4) is 0 Å². The maximum atomic E-state index is 13.7. The Labute approximate surface area is 196 Å². The van der Waals surface area contributed by atoms with Gasteiger partial charge in [-0.3, -0.25) is 14.5 Å². The number of ether oxygens (including phenoxy) is 3. The van der Waals surface area contributed by atoms with E-state index in [0.717, 1.165) is 37.7 Å². The fourth-order valence-electron chi connectivity index (χ4n) is 4.92. The van der Waals surface area contributed by atoms with Crippen LogP contribution in [0.2, 0.25) is 0 Å². The van der Waals surface area contributed by atoms with Gasteiger partial charge in [0.05, 0.1) is 30.7 Å². The van der Waals surface area contributed by atoms with Gasteiger partial charge in [0.15, 0.2) is 23.0 Å². The topological polar surface area (TPSA) is 90.9 Å². The number of Topliss-reactive ketones (excluding diaryl/α,β-unsaturated/α-hetero) is 1. The average molecular weight is 470 g/mol. The fraction of sp³-hybridized carbons (Fsp3) is 0.500. The van der Waals surface area contributed by atoms with E-state index in [0.29, 0.717) is 35.4 Å². The molecule has 0 spiro atoms. The van der Waals surface area contributed by atoms with Gasteiger partial charge < -0.3 is 14.2 Å². The van der Waals surface area contributed by atoms with Crippen molar-refractivity contribution < 1.29 is 23.8 Å². The van der Waals surface area contributed by atoms with Crippen molar-refractivity contribution >= 4 is 28.2 Å². The molecule has 9 heteroatoms. The van der Waals surface area contributed by atoms with Gasteiger partial charge in [-0.2, -0.15) is 0 Å². The van der Waals surface area contributed by atoms with Gasteiger partial charge in [-0.05, 0) is 50.3 Å². The second-order valence-corrected chi connectivity index (χ2v) is 9.25. The van der Waals surface area contributed by atoms with Crippen molar-refractivity contribution in [2.24, 2.45) is 5.92 Å². The number of amides is 1. The van der Waals surface area contributed by atoms with Crippen LogP contribution in [0.15, 0.2) is 35.0 Å². The van der Waals surface area contributed by atoms with E-state index in [1.807, 2.05) is 32.0 Å². The lowest BCUT2D eigenvalue weighted by molar-refractivity contribution is -0.131. The van der Waals surface area contributed by atoms with Crippen LogP contribution in [-0.4, -0.2) is 41.2 Å². The van der Waals surface area contributed by atoms with Crippen LogP contribution >= 0.6 is 11.3 Å². The standard InChI is InChI=1S/C24H27N3O5S/c1-3-11-31-17-10-9-14(12-18(17)30-4-2)20-19-21(28)15-7-5-6-8-16(15)32-22(19)23(29)27(20)24-26-25-13-33-24/h9-10,12-13,15-16,20H,3-8,11H2,1-2H3. The molecule has 33 heavy (non-hydrogen) atoms. The summed E-state index contributed by atoms with van der Waals surface area (Å²) in [4.78, 5) is 28.8. The number of nitrogens with zero attached hydrogens (tertiary/aromatic N) is 3. The molecule has 1 saturated carbocycles. The summed E-state index contributed by atoms with van der Waals surface area (Å²) in [6, 6.07) is 4.94. The number of rotatable bonds is 7. The van der Waals surface area contributed by atoms with Gasteiger partial charge in [-0.1, -0.05) is 30.7 Å². The largest absolute Gasteiger partial charge is 0.490 e. The van der Waals surface area contributed by atoms with Gasteiger partial charge in [0.2, 0.25) is 5.13 Å². The molecule has 5 rings (SSSR count). The van der Waals surface area contributed by atoms with Crippen LogP contribution in [0.4, 0.5) is 5.13 Å². The number of carbonyl (C=O) groups is 2. The second kappa shape index (κ2) is 9.13. The molecule has 8 nitrogen and oxygen atoms in total. The molecule has 0 saturated heterocycles. The smallest absolute Gasteiger partial charge is 0.296 e. The molecule has 1 amide bonds. The predicted molar refractivity (Wildman–Crippen MR) is 122 cm³/mol. The van der Waals surface area contributed by atoms with Crippen molar-refractivity contribution in [1.82, 2.24) is 10.2 Å². The van der Waals surface area contributed by atoms with Crippen LogP contribution in [0.1, 0.15) is 57.6 Å². The van der Waals surface area contributed by atoms with Crippen LogP contribution < -0.4 is 14.4 Å². The molecule has 0 radical (unpaired) electrons. The third-order valence-corrected chi connectivity index (χ3v) is 7.05. The molecular weight excluding hydrogens is 442 g/mol. The minimum Gasteiger partial charge on any atom is -0.490 e. The van der Waals surface area contributed by atoms with E-state index in [2.05, 4.69) is 10.2 Å². The molecule has 1 aliphatic carbocycles. The normalized spacial score (nSPS) is 24.4. The number of anilines is 1. The van der Waals surface area contributed by atoms with Gasteiger partial charge in [-0.15, -0.1) is 10.2 Å². The van der Waals surface area contributed by atoms with E-state index in [9.17, 15) is 9.59 Å². The molecule has 3 heterocycles. The quantitative estimate of drug-likeness (QED) is 0.599. The second-order valence-electron chi connectivity index (χ2n) is 8.44. The van der Waals surface area contributed by atoms with Crippen molar-refractivity contribution in [3.8, 4) is 11.5 Å². The molecule has 3 atom stereocenters. The van der Waals surface area contributed by atoms with Gasteiger partial charge in [-0.25, -0.2) is 0 Å². The highest BCUT2D eigenvalue weighted by molar-refractivity contribution is 7.13. The highest BCUT2D eigenvalue weighted by atomic mass is 32.1. The summed E-state index contributed by atoms with van der Waals surface area (Å²) in [7, 11) is 0. The van der Waals surface area contributed by atoms with E-state index < -0.39 is 6.04 Å². The average Bonchev–Trinajstić information content (AvgIpc) is 3.45. The third-order valence-electron chi connectivity index (χ3n) is 6.36. The highest BCUT2D eigenvalue weighted by Gasteiger charge is 2.53. The highest BCUT2D eigenvalue weighted by Crippen LogP contribution is 2.49.